The number of hydrogen-bond donors (Lipinski definition) is 1. The number of nitrogens with two attached hydrogens (primary N) is 1. The first-order valence-corrected chi connectivity index (χ1v) is 6.63. The molecular formula is C15H24N2. The summed E-state index contributed by atoms with van der Waals surface area (Å²) in [6.07, 6.45) is 7.74. The summed E-state index contributed by atoms with van der Waals surface area (Å²) in [6, 6.07) is 2.28. The summed E-state index contributed by atoms with van der Waals surface area (Å²) in [6.45, 7) is 7.66. The molecule has 1 saturated carbocycles. The second-order valence-corrected chi connectivity index (χ2v) is 6.30. The first-order valence-electron chi connectivity index (χ1n) is 6.63. The van der Waals surface area contributed by atoms with Gasteiger partial charge in [0.2, 0.25) is 0 Å². The summed E-state index contributed by atoms with van der Waals surface area (Å²) in [4.78, 5) is 4.34. The van der Waals surface area contributed by atoms with Crippen LogP contribution in [0.15, 0.2) is 18.5 Å². The van der Waals surface area contributed by atoms with E-state index in [4.69, 9.17) is 5.73 Å². The average molecular weight is 232 g/mol. The van der Waals surface area contributed by atoms with Crippen LogP contribution >= 0.6 is 0 Å². The van der Waals surface area contributed by atoms with Crippen LogP contribution in [-0.4, -0.2) is 11.5 Å². The van der Waals surface area contributed by atoms with Gasteiger partial charge >= 0.3 is 0 Å². The summed E-state index contributed by atoms with van der Waals surface area (Å²) in [5.74, 6) is 1.22. The minimum atomic E-state index is 0.445. The number of rotatable bonds is 2. The molecule has 0 amide bonds. The topological polar surface area (TPSA) is 38.9 Å². The molecule has 1 fully saturated rings. The number of nitrogens with zero attached hydrogens (tertiary/aromatic N) is 1. The van der Waals surface area contributed by atoms with Crippen molar-refractivity contribution in [1.29, 1.82) is 0 Å². The van der Waals surface area contributed by atoms with Crippen LogP contribution in [0.2, 0.25) is 0 Å². The van der Waals surface area contributed by atoms with E-state index in [1.165, 1.54) is 30.4 Å². The lowest BCUT2D eigenvalue weighted by Gasteiger charge is -2.40. The second-order valence-electron chi connectivity index (χ2n) is 6.30. The van der Waals surface area contributed by atoms with Crippen LogP contribution in [0.4, 0.5) is 0 Å². The number of aryl methyl sites for hydroxylation is 1. The minimum Gasteiger partial charge on any atom is -0.330 e. The zero-order valence-corrected chi connectivity index (χ0v) is 11.2. The molecule has 1 aliphatic carbocycles. The Morgan fingerprint density at radius 3 is 2.82 bits per heavy atom. The van der Waals surface area contributed by atoms with Gasteiger partial charge in [0.15, 0.2) is 0 Å². The van der Waals surface area contributed by atoms with E-state index in [1.807, 2.05) is 12.4 Å². The van der Waals surface area contributed by atoms with Crippen molar-refractivity contribution in [2.75, 3.05) is 6.54 Å². The quantitative estimate of drug-likeness (QED) is 0.850. The Morgan fingerprint density at radius 2 is 2.18 bits per heavy atom. The van der Waals surface area contributed by atoms with Gasteiger partial charge in [-0.05, 0) is 61.1 Å². The third kappa shape index (κ3) is 2.86. The molecule has 1 aromatic heterocycles. The van der Waals surface area contributed by atoms with Crippen molar-refractivity contribution in [2.45, 2.75) is 46.0 Å². The highest BCUT2D eigenvalue weighted by Gasteiger charge is 2.35. The lowest BCUT2D eigenvalue weighted by Crippen LogP contribution is -2.32. The molecule has 1 aliphatic rings. The molecule has 0 radical (unpaired) electrons. The van der Waals surface area contributed by atoms with Gasteiger partial charge < -0.3 is 5.73 Å². The molecule has 2 rings (SSSR count). The summed E-state index contributed by atoms with van der Waals surface area (Å²) in [5.41, 5.74) is 9.02. The van der Waals surface area contributed by atoms with Gasteiger partial charge in [0, 0.05) is 12.4 Å². The van der Waals surface area contributed by atoms with Crippen molar-refractivity contribution >= 4 is 0 Å². The highest BCUT2D eigenvalue weighted by Crippen LogP contribution is 2.46. The lowest BCUT2D eigenvalue weighted by molar-refractivity contribution is 0.165. The Balaban J connectivity index is 2.26. The Hall–Kier alpha value is -0.890. The van der Waals surface area contributed by atoms with E-state index in [2.05, 4.69) is 31.8 Å². The molecule has 0 aliphatic heterocycles. The Morgan fingerprint density at radius 1 is 1.41 bits per heavy atom. The normalized spacial score (nSPS) is 28.0. The fraction of sp³-hybridized carbons (Fsp3) is 0.667. The predicted octanol–water partition coefficient (Wildman–Crippen LogP) is 3.26. The Kier molecular flexibility index (Phi) is 3.53. The fourth-order valence-corrected chi connectivity index (χ4v) is 3.09. The molecular weight excluding hydrogens is 208 g/mol. The smallest absolute Gasteiger partial charge is 0.0303 e. The van der Waals surface area contributed by atoms with E-state index in [9.17, 15) is 0 Å². The Bertz CT molecular complexity index is 384. The fourth-order valence-electron chi connectivity index (χ4n) is 3.09. The van der Waals surface area contributed by atoms with Crippen LogP contribution in [0.1, 0.15) is 50.2 Å². The highest BCUT2D eigenvalue weighted by molar-refractivity contribution is 5.22. The second kappa shape index (κ2) is 4.77. The molecule has 94 valence electrons. The number of aromatic nitrogens is 1. The molecule has 0 bridgehead atoms. The van der Waals surface area contributed by atoms with Crippen molar-refractivity contribution in [3.63, 3.8) is 0 Å². The van der Waals surface area contributed by atoms with Crippen molar-refractivity contribution in [1.82, 2.24) is 4.98 Å². The van der Waals surface area contributed by atoms with Gasteiger partial charge in [0.1, 0.15) is 0 Å². The van der Waals surface area contributed by atoms with Gasteiger partial charge in [-0.1, -0.05) is 19.9 Å². The lowest BCUT2D eigenvalue weighted by atomic mass is 9.65. The molecule has 2 atom stereocenters. The molecule has 17 heavy (non-hydrogen) atoms. The summed E-state index contributed by atoms with van der Waals surface area (Å²) in [5, 5.41) is 0. The van der Waals surface area contributed by atoms with Crippen molar-refractivity contribution < 1.29 is 0 Å². The maximum atomic E-state index is 5.94. The van der Waals surface area contributed by atoms with Crippen LogP contribution in [0.25, 0.3) is 0 Å². The molecule has 2 nitrogen and oxygen atoms in total. The average Bonchev–Trinajstić information content (AvgIpc) is 2.28. The van der Waals surface area contributed by atoms with E-state index in [0.717, 1.165) is 6.54 Å². The summed E-state index contributed by atoms with van der Waals surface area (Å²) >= 11 is 0. The van der Waals surface area contributed by atoms with Crippen LogP contribution < -0.4 is 5.73 Å². The highest BCUT2D eigenvalue weighted by atomic mass is 14.6. The third-order valence-electron chi connectivity index (χ3n) is 4.16. The summed E-state index contributed by atoms with van der Waals surface area (Å²) in [7, 11) is 0. The molecule has 0 spiro atoms. The van der Waals surface area contributed by atoms with E-state index >= 15 is 0 Å². The van der Waals surface area contributed by atoms with Crippen LogP contribution in [0, 0.1) is 18.3 Å². The van der Waals surface area contributed by atoms with Crippen molar-refractivity contribution in [2.24, 2.45) is 17.1 Å². The molecule has 1 aromatic rings. The number of hydrogen-bond acceptors (Lipinski definition) is 2. The molecule has 2 heteroatoms. The van der Waals surface area contributed by atoms with Crippen LogP contribution in [0.3, 0.4) is 0 Å². The molecule has 2 N–H and O–H groups in total. The van der Waals surface area contributed by atoms with Crippen molar-refractivity contribution in [3.05, 3.63) is 29.6 Å². The predicted molar refractivity (Wildman–Crippen MR) is 71.9 cm³/mol. The van der Waals surface area contributed by atoms with Gasteiger partial charge in [0.25, 0.3) is 0 Å². The SMILES string of the molecule is Cc1cncc(C2CC(C)(C)CCC2CN)c1. The molecule has 0 aromatic carbocycles. The van der Waals surface area contributed by atoms with Gasteiger partial charge in [-0.3, -0.25) is 4.98 Å². The van der Waals surface area contributed by atoms with Gasteiger partial charge in [-0.25, -0.2) is 0 Å². The van der Waals surface area contributed by atoms with Crippen molar-refractivity contribution in [3.8, 4) is 0 Å². The van der Waals surface area contributed by atoms with Gasteiger partial charge in [-0.15, -0.1) is 0 Å². The first-order chi connectivity index (χ1) is 8.02. The largest absolute Gasteiger partial charge is 0.330 e. The number of pyridine rings is 1. The molecule has 2 unspecified atom stereocenters. The van der Waals surface area contributed by atoms with Crippen LogP contribution in [0.5, 0.6) is 0 Å². The summed E-state index contributed by atoms with van der Waals surface area (Å²) < 4.78 is 0. The van der Waals surface area contributed by atoms with E-state index in [1.54, 1.807) is 0 Å². The molecule has 1 heterocycles. The monoisotopic (exact) mass is 232 g/mol. The van der Waals surface area contributed by atoms with E-state index in [-0.39, 0.29) is 0 Å². The molecule has 0 saturated heterocycles. The standard InChI is InChI=1S/C15H24N2/c1-11-6-13(10-17-9-11)14-7-15(2,3)5-4-12(14)8-16/h6,9-10,12,14H,4-5,7-8,16H2,1-3H3. The Labute approximate surface area is 105 Å². The van der Waals surface area contributed by atoms with E-state index in [0.29, 0.717) is 17.3 Å². The first kappa shape index (κ1) is 12.6. The van der Waals surface area contributed by atoms with Gasteiger partial charge in [-0.2, -0.15) is 0 Å². The van der Waals surface area contributed by atoms with Crippen LogP contribution in [-0.2, 0) is 0 Å². The third-order valence-corrected chi connectivity index (χ3v) is 4.16. The van der Waals surface area contributed by atoms with E-state index < -0.39 is 0 Å². The minimum absolute atomic E-state index is 0.445. The van der Waals surface area contributed by atoms with Gasteiger partial charge in [0.05, 0.1) is 0 Å². The zero-order chi connectivity index (χ0) is 12.5. The maximum absolute atomic E-state index is 5.94. The maximum Gasteiger partial charge on any atom is 0.0303 e. The zero-order valence-electron chi connectivity index (χ0n) is 11.2.